The number of nitrogens with zero attached hydrogens (tertiary/aromatic N) is 1. The van der Waals surface area contributed by atoms with Crippen molar-refractivity contribution in [1.29, 1.82) is 5.26 Å². The molecule has 0 saturated carbocycles. The van der Waals surface area contributed by atoms with Crippen molar-refractivity contribution in [2.45, 2.75) is 18.9 Å². The predicted octanol–water partition coefficient (Wildman–Crippen LogP) is 0.843. The number of rotatable bonds is 5. The standard InChI is InChI=1S/C13H16N2O3S/c1-10(9-19(2,17)18)15-13(16)12(8-14)11-6-4-3-5-7-11/h3-7,10,12H,9H2,1-2H3,(H,15,16). The second kappa shape index (κ2) is 6.34. The Balaban J connectivity index is 2.74. The monoisotopic (exact) mass is 280 g/mol. The molecule has 0 aliphatic rings. The van der Waals surface area contributed by atoms with E-state index >= 15 is 0 Å². The van der Waals surface area contributed by atoms with Crippen molar-refractivity contribution in [3.8, 4) is 6.07 Å². The van der Waals surface area contributed by atoms with Gasteiger partial charge in [0.05, 0.1) is 11.8 Å². The topological polar surface area (TPSA) is 87.0 Å². The zero-order valence-electron chi connectivity index (χ0n) is 10.8. The van der Waals surface area contributed by atoms with Gasteiger partial charge in [0.15, 0.2) is 0 Å². The lowest BCUT2D eigenvalue weighted by Gasteiger charge is -2.15. The van der Waals surface area contributed by atoms with E-state index in [4.69, 9.17) is 5.26 Å². The molecule has 2 unspecified atom stereocenters. The average Bonchev–Trinajstić information content (AvgIpc) is 2.28. The van der Waals surface area contributed by atoms with Crippen LogP contribution in [-0.4, -0.2) is 32.4 Å². The molecule has 0 heterocycles. The molecule has 0 radical (unpaired) electrons. The van der Waals surface area contributed by atoms with Crippen LogP contribution in [-0.2, 0) is 14.6 Å². The Bertz CT molecular complexity index is 576. The van der Waals surface area contributed by atoms with Gasteiger partial charge in [-0.25, -0.2) is 8.42 Å². The average molecular weight is 280 g/mol. The van der Waals surface area contributed by atoms with Crippen LogP contribution in [0.1, 0.15) is 18.4 Å². The summed E-state index contributed by atoms with van der Waals surface area (Å²) < 4.78 is 22.2. The lowest BCUT2D eigenvalue weighted by molar-refractivity contribution is -0.121. The van der Waals surface area contributed by atoms with Crippen molar-refractivity contribution in [3.05, 3.63) is 35.9 Å². The molecule has 0 bridgehead atoms. The van der Waals surface area contributed by atoms with E-state index in [1.54, 1.807) is 37.3 Å². The van der Waals surface area contributed by atoms with Crippen LogP contribution < -0.4 is 5.32 Å². The molecule has 1 aromatic rings. The van der Waals surface area contributed by atoms with Gasteiger partial charge in [0.25, 0.3) is 0 Å². The molecular formula is C13H16N2O3S. The van der Waals surface area contributed by atoms with Crippen molar-refractivity contribution in [1.82, 2.24) is 5.32 Å². The fraction of sp³-hybridized carbons (Fsp3) is 0.385. The lowest BCUT2D eigenvalue weighted by atomic mass is 10.00. The Labute approximate surface area is 113 Å². The van der Waals surface area contributed by atoms with Gasteiger partial charge >= 0.3 is 0 Å². The van der Waals surface area contributed by atoms with Crippen LogP contribution in [0.3, 0.4) is 0 Å². The minimum Gasteiger partial charge on any atom is -0.351 e. The van der Waals surface area contributed by atoms with Gasteiger partial charge in [-0.2, -0.15) is 5.26 Å². The minimum atomic E-state index is -3.16. The van der Waals surface area contributed by atoms with E-state index in [1.807, 2.05) is 6.07 Å². The Hall–Kier alpha value is -1.87. The van der Waals surface area contributed by atoms with E-state index in [0.717, 1.165) is 6.26 Å². The van der Waals surface area contributed by atoms with E-state index < -0.39 is 27.7 Å². The van der Waals surface area contributed by atoms with Crippen molar-refractivity contribution < 1.29 is 13.2 Å². The van der Waals surface area contributed by atoms with Gasteiger partial charge in [-0.15, -0.1) is 0 Å². The fourth-order valence-corrected chi connectivity index (χ4v) is 2.74. The second-order valence-electron chi connectivity index (χ2n) is 4.47. The van der Waals surface area contributed by atoms with Crippen LogP contribution in [0.25, 0.3) is 0 Å². The van der Waals surface area contributed by atoms with Gasteiger partial charge in [-0.3, -0.25) is 4.79 Å². The summed E-state index contributed by atoms with van der Waals surface area (Å²) in [4.78, 5) is 11.9. The van der Waals surface area contributed by atoms with Gasteiger partial charge in [-0.1, -0.05) is 30.3 Å². The molecule has 0 saturated heterocycles. The molecule has 0 aliphatic carbocycles. The van der Waals surface area contributed by atoms with Crippen molar-refractivity contribution >= 4 is 15.7 Å². The van der Waals surface area contributed by atoms with Crippen LogP contribution in [0.15, 0.2) is 30.3 Å². The summed E-state index contributed by atoms with van der Waals surface area (Å²) in [6.07, 6.45) is 1.11. The Morgan fingerprint density at radius 1 is 1.37 bits per heavy atom. The first-order valence-electron chi connectivity index (χ1n) is 5.76. The third-order valence-corrected chi connectivity index (χ3v) is 3.57. The first kappa shape index (κ1) is 15.2. The number of amides is 1. The minimum absolute atomic E-state index is 0.147. The first-order valence-corrected chi connectivity index (χ1v) is 7.82. The van der Waals surface area contributed by atoms with Crippen molar-refractivity contribution in [3.63, 3.8) is 0 Å². The smallest absolute Gasteiger partial charge is 0.242 e. The van der Waals surface area contributed by atoms with Crippen molar-refractivity contribution in [2.24, 2.45) is 0 Å². The summed E-state index contributed by atoms with van der Waals surface area (Å²) in [6.45, 7) is 1.60. The summed E-state index contributed by atoms with van der Waals surface area (Å²) in [5.41, 5.74) is 0.592. The number of hydrogen-bond donors (Lipinski definition) is 1. The highest BCUT2D eigenvalue weighted by atomic mass is 32.2. The highest BCUT2D eigenvalue weighted by Gasteiger charge is 2.22. The van der Waals surface area contributed by atoms with Crippen molar-refractivity contribution in [2.75, 3.05) is 12.0 Å². The Morgan fingerprint density at radius 3 is 2.42 bits per heavy atom. The van der Waals surface area contributed by atoms with Gasteiger partial charge in [0.2, 0.25) is 5.91 Å². The predicted molar refractivity (Wildman–Crippen MR) is 72.1 cm³/mol. The van der Waals surface area contributed by atoms with E-state index in [2.05, 4.69) is 5.32 Å². The molecule has 0 aliphatic heterocycles. The van der Waals surface area contributed by atoms with Crippen LogP contribution in [0, 0.1) is 11.3 Å². The van der Waals surface area contributed by atoms with Crippen LogP contribution in [0.5, 0.6) is 0 Å². The molecule has 0 spiro atoms. The lowest BCUT2D eigenvalue weighted by Crippen LogP contribution is -2.39. The van der Waals surface area contributed by atoms with Gasteiger partial charge in [0.1, 0.15) is 15.8 Å². The highest BCUT2D eigenvalue weighted by Crippen LogP contribution is 2.14. The number of nitrogens with one attached hydrogen (secondary N) is 1. The van der Waals surface area contributed by atoms with E-state index in [1.165, 1.54) is 0 Å². The summed E-state index contributed by atoms with van der Waals surface area (Å²) in [7, 11) is -3.16. The molecule has 5 nitrogen and oxygen atoms in total. The molecule has 1 rings (SSSR count). The maximum absolute atomic E-state index is 11.9. The van der Waals surface area contributed by atoms with Gasteiger partial charge in [0, 0.05) is 12.3 Å². The largest absolute Gasteiger partial charge is 0.351 e. The van der Waals surface area contributed by atoms with Crippen LogP contribution >= 0.6 is 0 Å². The van der Waals surface area contributed by atoms with E-state index in [0.29, 0.717) is 5.56 Å². The molecule has 102 valence electrons. The molecule has 1 amide bonds. The third-order valence-electron chi connectivity index (χ3n) is 2.47. The van der Waals surface area contributed by atoms with Crippen LogP contribution in [0.2, 0.25) is 0 Å². The number of carbonyl (C=O) groups excluding carboxylic acids is 1. The quantitative estimate of drug-likeness (QED) is 0.866. The third kappa shape index (κ3) is 5.10. The second-order valence-corrected chi connectivity index (χ2v) is 6.66. The number of benzene rings is 1. The molecule has 0 fully saturated rings. The Morgan fingerprint density at radius 2 is 1.95 bits per heavy atom. The SMILES string of the molecule is CC(CS(C)(=O)=O)NC(=O)C(C#N)c1ccccc1. The summed E-state index contributed by atoms with van der Waals surface area (Å²) in [5.74, 6) is -1.56. The molecule has 1 N–H and O–H groups in total. The Kier molecular flexibility index (Phi) is 5.07. The normalized spacial score (nSPS) is 14.2. The summed E-state index contributed by atoms with van der Waals surface area (Å²) >= 11 is 0. The summed E-state index contributed by atoms with van der Waals surface area (Å²) in [6, 6.07) is 10.1. The molecular weight excluding hydrogens is 264 g/mol. The number of sulfone groups is 1. The fourth-order valence-electron chi connectivity index (χ4n) is 1.75. The number of hydrogen-bond acceptors (Lipinski definition) is 4. The molecule has 2 atom stereocenters. The number of nitriles is 1. The molecule has 1 aromatic carbocycles. The molecule has 0 aromatic heterocycles. The van der Waals surface area contributed by atoms with E-state index in [9.17, 15) is 13.2 Å². The molecule has 6 heteroatoms. The summed E-state index contributed by atoms with van der Waals surface area (Å²) in [5, 5.41) is 11.6. The highest BCUT2D eigenvalue weighted by molar-refractivity contribution is 7.90. The zero-order chi connectivity index (χ0) is 14.5. The number of carbonyl (C=O) groups is 1. The first-order chi connectivity index (χ1) is 8.83. The van der Waals surface area contributed by atoms with Gasteiger partial charge in [-0.05, 0) is 12.5 Å². The maximum Gasteiger partial charge on any atom is 0.242 e. The zero-order valence-corrected chi connectivity index (χ0v) is 11.6. The van der Waals surface area contributed by atoms with Crippen LogP contribution in [0.4, 0.5) is 0 Å². The maximum atomic E-state index is 11.9. The molecule has 19 heavy (non-hydrogen) atoms. The van der Waals surface area contributed by atoms with E-state index in [-0.39, 0.29) is 5.75 Å². The van der Waals surface area contributed by atoms with Gasteiger partial charge < -0.3 is 5.32 Å².